The number of hydrogen-bond acceptors (Lipinski definition) is 3. The highest BCUT2D eigenvalue weighted by Gasteiger charge is 2.48. The third-order valence-electron chi connectivity index (χ3n) is 4.21. The van der Waals surface area contributed by atoms with Crippen LogP contribution in [0.2, 0.25) is 0 Å². The van der Waals surface area contributed by atoms with Crippen LogP contribution in [0.15, 0.2) is 5.38 Å². The van der Waals surface area contributed by atoms with Gasteiger partial charge in [0, 0.05) is 24.2 Å². The second-order valence-corrected chi connectivity index (χ2v) is 6.42. The van der Waals surface area contributed by atoms with E-state index in [1.54, 1.807) is 11.3 Å². The van der Waals surface area contributed by atoms with E-state index in [2.05, 4.69) is 22.6 Å². The second kappa shape index (κ2) is 4.11. The molecule has 0 amide bonds. The molecule has 0 atom stereocenters. The molecule has 1 aromatic heterocycles. The normalized spacial score (nSPS) is 23.1. The van der Waals surface area contributed by atoms with Gasteiger partial charge in [-0.1, -0.05) is 6.42 Å². The average Bonchev–Trinajstić information content (AvgIpc) is 2.96. The number of nitrogens with zero attached hydrogens (tertiary/aromatic N) is 1. The Morgan fingerprint density at radius 1 is 1.50 bits per heavy atom. The first-order chi connectivity index (χ1) is 7.78. The van der Waals surface area contributed by atoms with Crippen LogP contribution in [0, 0.1) is 18.3 Å². The minimum absolute atomic E-state index is 0.687. The van der Waals surface area contributed by atoms with E-state index in [1.807, 2.05) is 0 Å². The van der Waals surface area contributed by atoms with Crippen molar-refractivity contribution >= 4 is 11.3 Å². The summed E-state index contributed by atoms with van der Waals surface area (Å²) in [6.07, 6.45) is 7.34. The first kappa shape index (κ1) is 10.7. The molecule has 88 valence electrons. The van der Waals surface area contributed by atoms with Gasteiger partial charge in [-0.05, 0) is 43.9 Å². The maximum Gasteiger partial charge on any atom is 0.107 e. The molecule has 3 rings (SSSR count). The molecule has 0 aromatic carbocycles. The molecule has 1 aromatic rings. The first-order valence-electron chi connectivity index (χ1n) is 6.40. The number of nitrogens with one attached hydrogen (secondary N) is 1. The van der Waals surface area contributed by atoms with E-state index in [1.165, 1.54) is 43.7 Å². The predicted octanol–water partition coefficient (Wildman–Crippen LogP) is 3.12. The Morgan fingerprint density at radius 3 is 2.81 bits per heavy atom. The molecule has 0 saturated heterocycles. The average molecular weight is 236 g/mol. The largest absolute Gasteiger partial charge is 0.310 e. The third kappa shape index (κ3) is 2.03. The fourth-order valence-corrected chi connectivity index (χ4v) is 3.70. The Morgan fingerprint density at radius 2 is 2.31 bits per heavy atom. The molecule has 2 aliphatic carbocycles. The van der Waals surface area contributed by atoms with Crippen LogP contribution in [0.4, 0.5) is 0 Å². The van der Waals surface area contributed by atoms with Crippen molar-refractivity contribution < 1.29 is 0 Å². The zero-order chi connectivity index (χ0) is 11.0. The molecular weight excluding hydrogens is 216 g/mol. The fraction of sp³-hybridized carbons (Fsp3) is 0.769. The highest BCUT2D eigenvalue weighted by molar-refractivity contribution is 7.09. The van der Waals surface area contributed by atoms with Crippen LogP contribution in [0.5, 0.6) is 0 Å². The van der Waals surface area contributed by atoms with Gasteiger partial charge in [-0.15, -0.1) is 11.3 Å². The van der Waals surface area contributed by atoms with Crippen molar-refractivity contribution in [3.8, 4) is 0 Å². The summed E-state index contributed by atoms with van der Waals surface area (Å²) in [5, 5.41) is 7.00. The van der Waals surface area contributed by atoms with Crippen molar-refractivity contribution in [2.45, 2.75) is 45.6 Å². The Balaban J connectivity index is 1.49. The van der Waals surface area contributed by atoms with Gasteiger partial charge in [0.2, 0.25) is 0 Å². The van der Waals surface area contributed by atoms with Crippen LogP contribution in [-0.2, 0) is 6.54 Å². The van der Waals surface area contributed by atoms with Crippen molar-refractivity contribution in [2.75, 3.05) is 6.54 Å². The minimum Gasteiger partial charge on any atom is -0.310 e. The van der Waals surface area contributed by atoms with Crippen molar-refractivity contribution in [2.24, 2.45) is 11.3 Å². The highest BCUT2D eigenvalue weighted by atomic mass is 32.1. The molecule has 0 radical (unpaired) electrons. The number of aromatic nitrogens is 1. The number of aryl methyl sites for hydroxylation is 1. The van der Waals surface area contributed by atoms with Crippen LogP contribution < -0.4 is 5.32 Å². The summed E-state index contributed by atoms with van der Waals surface area (Å²) in [6, 6.07) is 0. The van der Waals surface area contributed by atoms with Gasteiger partial charge in [-0.2, -0.15) is 0 Å². The molecule has 1 N–H and O–H groups in total. The van der Waals surface area contributed by atoms with Gasteiger partial charge >= 0.3 is 0 Å². The van der Waals surface area contributed by atoms with Crippen molar-refractivity contribution in [3.63, 3.8) is 0 Å². The summed E-state index contributed by atoms with van der Waals surface area (Å²) in [4.78, 5) is 4.49. The van der Waals surface area contributed by atoms with E-state index in [9.17, 15) is 0 Å². The number of rotatable bonds is 5. The van der Waals surface area contributed by atoms with E-state index >= 15 is 0 Å². The van der Waals surface area contributed by atoms with E-state index in [0.717, 1.165) is 18.2 Å². The first-order valence-corrected chi connectivity index (χ1v) is 7.28. The van der Waals surface area contributed by atoms with Crippen LogP contribution >= 0.6 is 11.3 Å². The number of hydrogen-bond donors (Lipinski definition) is 1. The molecule has 0 unspecified atom stereocenters. The molecule has 1 heterocycles. The SMILES string of the molecule is Cc1csc(CNCC2(C3CC3)CCC2)n1. The van der Waals surface area contributed by atoms with Gasteiger partial charge in [-0.3, -0.25) is 0 Å². The van der Waals surface area contributed by atoms with Crippen LogP contribution in [0.3, 0.4) is 0 Å². The van der Waals surface area contributed by atoms with Crippen LogP contribution in [0.25, 0.3) is 0 Å². The molecule has 2 nitrogen and oxygen atoms in total. The molecule has 2 saturated carbocycles. The summed E-state index contributed by atoms with van der Waals surface area (Å²) in [7, 11) is 0. The summed E-state index contributed by atoms with van der Waals surface area (Å²) < 4.78 is 0. The summed E-state index contributed by atoms with van der Waals surface area (Å²) in [6.45, 7) is 4.25. The van der Waals surface area contributed by atoms with Crippen molar-refractivity contribution in [1.29, 1.82) is 0 Å². The molecule has 0 spiro atoms. The van der Waals surface area contributed by atoms with Crippen molar-refractivity contribution in [1.82, 2.24) is 10.3 Å². The quantitative estimate of drug-likeness (QED) is 0.849. The van der Waals surface area contributed by atoms with E-state index in [-0.39, 0.29) is 0 Å². The van der Waals surface area contributed by atoms with Gasteiger partial charge < -0.3 is 5.32 Å². The molecule has 3 heteroatoms. The van der Waals surface area contributed by atoms with E-state index in [4.69, 9.17) is 0 Å². The topological polar surface area (TPSA) is 24.9 Å². The molecular formula is C13H20N2S. The van der Waals surface area contributed by atoms with E-state index in [0.29, 0.717) is 5.41 Å². The lowest BCUT2D eigenvalue weighted by Crippen LogP contribution is -2.41. The predicted molar refractivity (Wildman–Crippen MR) is 67.6 cm³/mol. The Labute approximate surface area is 101 Å². The van der Waals surface area contributed by atoms with E-state index < -0.39 is 0 Å². The van der Waals surface area contributed by atoms with Gasteiger partial charge in [0.05, 0.1) is 0 Å². The lowest BCUT2D eigenvalue weighted by molar-refractivity contribution is 0.0987. The minimum atomic E-state index is 0.687. The van der Waals surface area contributed by atoms with Crippen LogP contribution in [-0.4, -0.2) is 11.5 Å². The lowest BCUT2D eigenvalue weighted by atomic mass is 9.65. The molecule has 2 aliphatic rings. The summed E-state index contributed by atoms with van der Waals surface area (Å²) in [5.41, 5.74) is 1.84. The second-order valence-electron chi connectivity index (χ2n) is 5.48. The molecule has 0 aliphatic heterocycles. The number of thiazole rings is 1. The maximum atomic E-state index is 4.49. The van der Waals surface area contributed by atoms with Gasteiger partial charge in [0.15, 0.2) is 0 Å². The summed E-state index contributed by atoms with van der Waals surface area (Å²) in [5.74, 6) is 1.05. The highest BCUT2D eigenvalue weighted by Crippen LogP contribution is 2.56. The Hall–Kier alpha value is -0.410. The molecule has 16 heavy (non-hydrogen) atoms. The maximum absolute atomic E-state index is 4.49. The van der Waals surface area contributed by atoms with Gasteiger partial charge in [-0.25, -0.2) is 4.98 Å². The lowest BCUT2D eigenvalue weighted by Gasteiger charge is -2.42. The zero-order valence-corrected chi connectivity index (χ0v) is 10.8. The Kier molecular flexibility index (Phi) is 2.76. The monoisotopic (exact) mass is 236 g/mol. The van der Waals surface area contributed by atoms with Crippen LogP contribution in [0.1, 0.15) is 42.8 Å². The fourth-order valence-electron chi connectivity index (χ4n) is 2.96. The third-order valence-corrected chi connectivity index (χ3v) is 5.18. The zero-order valence-electron chi connectivity index (χ0n) is 9.96. The van der Waals surface area contributed by atoms with Gasteiger partial charge in [0.25, 0.3) is 0 Å². The van der Waals surface area contributed by atoms with Gasteiger partial charge in [0.1, 0.15) is 5.01 Å². The standard InChI is InChI=1S/C13H20N2S/c1-10-8-16-12(15-10)7-14-9-13(5-2-6-13)11-3-4-11/h8,11,14H,2-7,9H2,1H3. The molecule has 2 fully saturated rings. The summed E-state index contributed by atoms with van der Waals surface area (Å²) >= 11 is 1.78. The van der Waals surface area contributed by atoms with Crippen molar-refractivity contribution in [3.05, 3.63) is 16.1 Å². The smallest absolute Gasteiger partial charge is 0.107 e. The Bertz CT molecular complexity index is 364. The molecule has 0 bridgehead atoms.